The van der Waals surface area contributed by atoms with Gasteiger partial charge in [-0.2, -0.15) is 12.1 Å². The van der Waals surface area contributed by atoms with E-state index in [1.54, 1.807) is 27.3 Å². The molecule has 3 aromatic heterocycles. The summed E-state index contributed by atoms with van der Waals surface area (Å²) in [7, 11) is 0. The number of benzene rings is 7. The van der Waals surface area contributed by atoms with E-state index < -0.39 is 60.4 Å². The van der Waals surface area contributed by atoms with Gasteiger partial charge in [-0.25, -0.2) is 0 Å². The Balaban J connectivity index is 0.00000736. The van der Waals surface area contributed by atoms with Crippen LogP contribution in [0.15, 0.2) is 150 Å². The second-order valence-electron chi connectivity index (χ2n) is 23.8. The third-order valence-corrected chi connectivity index (χ3v) is 15.9. The fraction of sp³-hybridized carbons (Fsp3) is 0.294. The standard InChI is InChI=1S/C68H65N3O2.Pt/c1-64(2,3)46-36-45(57-40-55-56(41-69-57)67(8,9)33-32-66(55,6)7)37-49(38-46)72-48-25-18-24-47(39-48)70-42-71(60-50(43-20-14-12-15-21-43)26-19-27-51(60)44-22-16-13-17-23-44)61-58(70)31-29-53-52-28-30-54-59(62(52)73-63(53)61)68(10,11)35-34-65(54,4)5;/h12-31,36,38,40-41H,32-35H2,1-11H3;/q-2;/i12D,13D,14D,15D,16D,17D,20D,21D,22D,23D;. The first-order valence-electron chi connectivity index (χ1n) is 30.4. The number of rotatable bonds is 7. The molecule has 2 aliphatic carbocycles. The molecule has 0 N–H and O–H groups in total. The van der Waals surface area contributed by atoms with Gasteiger partial charge in [-0.05, 0) is 103 Å². The van der Waals surface area contributed by atoms with E-state index in [9.17, 15) is 5.48 Å². The maximum Gasteiger partial charge on any atom is 0.268 e. The largest absolute Gasteiger partial charge is 0.503 e. The molecule has 12 rings (SSSR count). The zero-order valence-electron chi connectivity index (χ0n) is 53.9. The summed E-state index contributed by atoms with van der Waals surface area (Å²) in [5.41, 5.74) is 9.41. The fourth-order valence-electron chi connectivity index (χ4n) is 11.4. The van der Waals surface area contributed by atoms with Crippen LogP contribution in [0.2, 0.25) is 0 Å². The minimum atomic E-state index is -0.582. The summed E-state index contributed by atoms with van der Waals surface area (Å²) in [4.78, 5) is 5.06. The average molecular weight is 1160 g/mol. The number of ether oxygens (including phenoxy) is 1. The zero-order valence-corrected chi connectivity index (χ0v) is 46.2. The molecule has 5 nitrogen and oxygen atoms in total. The summed E-state index contributed by atoms with van der Waals surface area (Å²) in [6.07, 6.45) is 9.66. The SMILES string of the molecule is [2H]c1c([2H])c([2H])c(-c2cccc(-c3c([2H])c([2H])c([2H])c([2H])c3[2H])c2-n2[c-][n+](-c3[c-]c(Oc4[c-]c(-c5cc6c(cn5)C(C)(C)CCC6(C)C)cc(C(C)(C)C)c4)ccc3)c3ccc4c5ccc6c(c5oc4c32)C(C)(C)CCC6(C)C)c([2H])c1[2H].[Pt]. The molecule has 0 radical (unpaired) electrons. The van der Waals surface area contributed by atoms with Crippen LogP contribution in [-0.4, -0.2) is 9.55 Å². The summed E-state index contributed by atoms with van der Waals surface area (Å²) in [6.45, 7) is 24.7. The Morgan fingerprint density at radius 3 is 1.89 bits per heavy atom. The van der Waals surface area contributed by atoms with Crippen molar-refractivity contribution in [3.05, 3.63) is 192 Å². The van der Waals surface area contributed by atoms with Gasteiger partial charge in [-0.15, -0.1) is 29.3 Å². The van der Waals surface area contributed by atoms with E-state index in [0.717, 1.165) is 64.4 Å². The van der Waals surface area contributed by atoms with Gasteiger partial charge in [0, 0.05) is 55.1 Å². The van der Waals surface area contributed by atoms with Gasteiger partial charge in [0.1, 0.15) is 16.7 Å². The van der Waals surface area contributed by atoms with Crippen molar-refractivity contribution in [3.8, 4) is 56.4 Å². The minimum Gasteiger partial charge on any atom is -0.503 e. The van der Waals surface area contributed by atoms with Gasteiger partial charge in [-0.3, -0.25) is 4.57 Å². The summed E-state index contributed by atoms with van der Waals surface area (Å²) in [5, 5.41) is 1.65. The Kier molecular flexibility index (Phi) is 9.37. The van der Waals surface area contributed by atoms with Gasteiger partial charge < -0.3 is 18.7 Å². The minimum absolute atomic E-state index is 0. The third-order valence-electron chi connectivity index (χ3n) is 15.9. The fourth-order valence-corrected chi connectivity index (χ4v) is 11.4. The topological polar surface area (TPSA) is 44.1 Å². The molecule has 0 atom stereocenters. The smallest absolute Gasteiger partial charge is 0.268 e. The van der Waals surface area contributed by atoms with Crippen molar-refractivity contribution in [2.75, 3.05) is 0 Å². The van der Waals surface area contributed by atoms with E-state index in [-0.39, 0.29) is 76.1 Å². The van der Waals surface area contributed by atoms with Crippen LogP contribution in [-0.2, 0) is 48.1 Å². The molecule has 0 fully saturated rings. The predicted octanol–water partition coefficient (Wildman–Crippen LogP) is 17.4. The number of hydrogen-bond donors (Lipinski definition) is 0. The Labute approximate surface area is 466 Å². The summed E-state index contributed by atoms with van der Waals surface area (Å²) < 4.78 is 107. The van der Waals surface area contributed by atoms with Crippen LogP contribution in [0.5, 0.6) is 11.5 Å². The van der Waals surface area contributed by atoms with Gasteiger partial charge in [0.05, 0.1) is 24.9 Å². The Morgan fingerprint density at radius 1 is 0.635 bits per heavy atom. The van der Waals surface area contributed by atoms with Crippen LogP contribution in [0.4, 0.5) is 0 Å². The molecule has 0 bridgehead atoms. The molecule has 74 heavy (non-hydrogen) atoms. The van der Waals surface area contributed by atoms with Crippen molar-refractivity contribution >= 4 is 33.0 Å². The summed E-state index contributed by atoms with van der Waals surface area (Å²) in [5.74, 6) is 0.824. The van der Waals surface area contributed by atoms with Crippen LogP contribution in [0.3, 0.4) is 0 Å². The first-order chi connectivity index (χ1) is 38.9. The van der Waals surface area contributed by atoms with Gasteiger partial charge in [0.15, 0.2) is 0 Å². The first kappa shape index (κ1) is 38.9. The number of furan rings is 1. The Hall–Kier alpha value is -6.55. The molecule has 0 amide bonds. The number of pyridine rings is 1. The van der Waals surface area contributed by atoms with Crippen LogP contribution in [0.25, 0.3) is 77.9 Å². The average Bonchev–Trinajstić information content (AvgIpc) is 1.52. The predicted molar refractivity (Wildman–Crippen MR) is 298 cm³/mol. The monoisotopic (exact) mass is 1160 g/mol. The third kappa shape index (κ3) is 8.35. The van der Waals surface area contributed by atoms with Crippen LogP contribution >= 0.6 is 0 Å². The van der Waals surface area contributed by atoms with Gasteiger partial charge in [0.2, 0.25) is 0 Å². The van der Waals surface area contributed by atoms with Crippen molar-refractivity contribution < 1.29 is 48.5 Å². The Bertz CT molecular complexity index is 4290. The molecule has 0 unspecified atom stereocenters. The van der Waals surface area contributed by atoms with Crippen molar-refractivity contribution in [2.45, 2.75) is 129 Å². The molecular weight excluding hydrogens is 1090 g/mol. The molecule has 2 aliphatic rings. The second kappa shape index (κ2) is 17.8. The molecule has 10 aromatic rings. The van der Waals surface area contributed by atoms with E-state index in [0.29, 0.717) is 33.8 Å². The molecule has 7 aromatic carbocycles. The van der Waals surface area contributed by atoms with Gasteiger partial charge in [-0.1, -0.05) is 197 Å². The van der Waals surface area contributed by atoms with E-state index in [2.05, 4.69) is 119 Å². The molecule has 6 heteroatoms. The number of para-hydroxylation sites is 1. The molecule has 0 aliphatic heterocycles. The molecule has 0 saturated carbocycles. The van der Waals surface area contributed by atoms with Crippen LogP contribution in [0.1, 0.15) is 143 Å². The van der Waals surface area contributed by atoms with E-state index >= 15 is 0 Å². The Morgan fingerprint density at radius 2 is 1.23 bits per heavy atom. The van der Waals surface area contributed by atoms with Crippen molar-refractivity contribution in [2.24, 2.45) is 0 Å². The van der Waals surface area contributed by atoms with Crippen molar-refractivity contribution in [1.82, 2.24) is 9.55 Å². The van der Waals surface area contributed by atoms with Crippen LogP contribution in [0, 0.1) is 18.5 Å². The number of fused-ring (bicyclic) bond motifs is 8. The molecule has 0 spiro atoms. The zero-order chi connectivity index (χ0) is 59.5. The summed E-state index contributed by atoms with van der Waals surface area (Å²) >= 11 is 0. The number of nitrogens with zero attached hydrogens (tertiary/aromatic N) is 3. The summed E-state index contributed by atoms with van der Waals surface area (Å²) in [6, 6.07) is 26.7. The van der Waals surface area contributed by atoms with E-state index in [1.807, 2.05) is 42.6 Å². The first-order valence-corrected chi connectivity index (χ1v) is 25.4. The quantitative estimate of drug-likeness (QED) is 0.118. The van der Waals surface area contributed by atoms with E-state index in [1.165, 1.54) is 16.7 Å². The second-order valence-corrected chi connectivity index (χ2v) is 23.8. The van der Waals surface area contributed by atoms with Gasteiger partial charge >= 0.3 is 0 Å². The van der Waals surface area contributed by atoms with Crippen molar-refractivity contribution in [1.29, 1.82) is 0 Å². The number of aromatic nitrogens is 3. The number of imidazole rings is 1. The van der Waals surface area contributed by atoms with Crippen molar-refractivity contribution in [3.63, 3.8) is 0 Å². The molecule has 376 valence electrons. The molecule has 0 saturated heterocycles. The number of hydrogen-bond acceptors (Lipinski definition) is 3. The molecule has 3 heterocycles. The maximum atomic E-state index is 9.35. The normalized spacial score (nSPS) is 18.3. The van der Waals surface area contributed by atoms with Crippen LogP contribution < -0.4 is 9.30 Å². The molecular formula is C68H65N3O2Pt-2. The van der Waals surface area contributed by atoms with Gasteiger partial charge in [0.25, 0.3) is 6.33 Å². The maximum absolute atomic E-state index is 9.35. The van der Waals surface area contributed by atoms with E-state index in [4.69, 9.17) is 22.4 Å².